The number of nitrogens with two attached hydrogens (primary N) is 1. The minimum absolute atomic E-state index is 0.279. The molecule has 1 aromatic heterocycles. The molecule has 0 saturated carbocycles. The number of halogens is 1. The van der Waals surface area contributed by atoms with Gasteiger partial charge in [0.05, 0.1) is 17.6 Å². The van der Waals surface area contributed by atoms with Gasteiger partial charge in [0.1, 0.15) is 5.75 Å². The average molecular weight is 239 g/mol. The summed E-state index contributed by atoms with van der Waals surface area (Å²) in [5.41, 5.74) is 7.76. The molecule has 1 unspecified atom stereocenters. The number of nitrogens with one attached hydrogen (secondary N) is 1. The minimum atomic E-state index is 0.279. The predicted molar refractivity (Wildman–Crippen MR) is 67.3 cm³/mol. The molecule has 0 amide bonds. The molecule has 1 aromatic carbocycles. The fourth-order valence-corrected chi connectivity index (χ4v) is 2.11. The third-order valence-corrected chi connectivity index (χ3v) is 3.20. The molecule has 0 aliphatic carbocycles. The summed E-state index contributed by atoms with van der Waals surface area (Å²) in [6, 6.07) is 3.71. The highest BCUT2D eigenvalue weighted by molar-refractivity contribution is 6.35. The number of fused-ring (bicyclic) bond motifs is 1. The Kier molecular flexibility index (Phi) is 3.08. The Hall–Kier alpha value is -1.19. The summed E-state index contributed by atoms with van der Waals surface area (Å²) in [6.45, 7) is 2.69. The van der Waals surface area contributed by atoms with Crippen LogP contribution in [0.2, 0.25) is 5.02 Å². The van der Waals surface area contributed by atoms with E-state index in [0.29, 0.717) is 11.6 Å². The highest BCUT2D eigenvalue weighted by Crippen LogP contribution is 2.36. The van der Waals surface area contributed by atoms with Gasteiger partial charge < -0.3 is 15.5 Å². The molecule has 3 N–H and O–H groups in total. The van der Waals surface area contributed by atoms with Gasteiger partial charge in [-0.2, -0.15) is 0 Å². The van der Waals surface area contributed by atoms with Crippen LogP contribution in [0.4, 0.5) is 0 Å². The van der Waals surface area contributed by atoms with Crippen LogP contribution in [0.1, 0.15) is 18.4 Å². The molecule has 0 bridgehead atoms. The number of rotatable bonds is 3. The van der Waals surface area contributed by atoms with Crippen molar-refractivity contribution in [1.29, 1.82) is 0 Å². The maximum atomic E-state index is 6.13. The Bertz CT molecular complexity index is 507. The lowest BCUT2D eigenvalue weighted by Gasteiger charge is -2.10. The van der Waals surface area contributed by atoms with Crippen molar-refractivity contribution in [2.45, 2.75) is 12.8 Å². The lowest BCUT2D eigenvalue weighted by atomic mass is 10.0. The topological polar surface area (TPSA) is 51.0 Å². The number of H-pyrrole nitrogens is 1. The van der Waals surface area contributed by atoms with Gasteiger partial charge >= 0.3 is 0 Å². The van der Waals surface area contributed by atoms with E-state index < -0.39 is 0 Å². The standard InChI is InChI=1S/C12H15ClN2O/c1-7(5-14)8-6-15-12-9(13)3-4-10(16-2)11(8)12/h3-4,6-7,15H,5,14H2,1-2H3. The number of hydrogen-bond donors (Lipinski definition) is 2. The summed E-state index contributed by atoms with van der Waals surface area (Å²) < 4.78 is 5.36. The molecule has 16 heavy (non-hydrogen) atoms. The van der Waals surface area contributed by atoms with Gasteiger partial charge in [-0.25, -0.2) is 0 Å². The first kappa shape index (κ1) is 11.3. The van der Waals surface area contributed by atoms with Gasteiger partial charge in [0.25, 0.3) is 0 Å². The highest BCUT2D eigenvalue weighted by atomic mass is 35.5. The van der Waals surface area contributed by atoms with Crippen LogP contribution in [0.5, 0.6) is 5.75 Å². The van der Waals surface area contributed by atoms with Gasteiger partial charge in [0.2, 0.25) is 0 Å². The summed E-state index contributed by atoms with van der Waals surface area (Å²) in [6.07, 6.45) is 1.95. The molecule has 0 aliphatic rings. The molecule has 0 radical (unpaired) electrons. The molecule has 2 aromatic rings. The number of ether oxygens (including phenoxy) is 1. The van der Waals surface area contributed by atoms with Crippen LogP contribution < -0.4 is 10.5 Å². The fraction of sp³-hybridized carbons (Fsp3) is 0.333. The van der Waals surface area contributed by atoms with Crippen LogP contribution in [-0.2, 0) is 0 Å². The van der Waals surface area contributed by atoms with Gasteiger partial charge in [-0.15, -0.1) is 0 Å². The SMILES string of the molecule is COc1ccc(Cl)c2[nH]cc(C(C)CN)c12. The third kappa shape index (κ3) is 1.66. The zero-order chi connectivity index (χ0) is 11.7. The van der Waals surface area contributed by atoms with E-state index in [9.17, 15) is 0 Å². The largest absolute Gasteiger partial charge is 0.496 e. The van der Waals surface area contributed by atoms with Gasteiger partial charge in [0, 0.05) is 11.6 Å². The molecular weight excluding hydrogens is 224 g/mol. The second-order valence-corrected chi connectivity index (χ2v) is 4.29. The predicted octanol–water partition coefficient (Wildman–Crippen LogP) is 2.89. The third-order valence-electron chi connectivity index (χ3n) is 2.88. The summed E-state index contributed by atoms with van der Waals surface area (Å²) in [5.74, 6) is 1.11. The van der Waals surface area contributed by atoms with Crippen molar-refractivity contribution < 1.29 is 4.74 Å². The Morgan fingerprint density at radius 2 is 2.25 bits per heavy atom. The molecule has 2 rings (SSSR count). The molecule has 0 spiro atoms. The van der Waals surface area contributed by atoms with Gasteiger partial charge in [-0.05, 0) is 30.2 Å². The second-order valence-electron chi connectivity index (χ2n) is 3.88. The van der Waals surface area contributed by atoms with Crippen molar-refractivity contribution in [1.82, 2.24) is 4.98 Å². The smallest absolute Gasteiger partial charge is 0.128 e. The van der Waals surface area contributed by atoms with Gasteiger partial charge in [-0.3, -0.25) is 0 Å². The lowest BCUT2D eigenvalue weighted by Crippen LogP contribution is -2.08. The highest BCUT2D eigenvalue weighted by Gasteiger charge is 2.15. The quantitative estimate of drug-likeness (QED) is 0.864. The summed E-state index contributed by atoms with van der Waals surface area (Å²) in [5, 5.41) is 1.74. The zero-order valence-corrected chi connectivity index (χ0v) is 10.1. The van der Waals surface area contributed by atoms with E-state index in [4.69, 9.17) is 22.1 Å². The number of aromatic amines is 1. The fourth-order valence-electron chi connectivity index (χ4n) is 1.89. The summed E-state index contributed by atoms with van der Waals surface area (Å²) in [7, 11) is 1.66. The van der Waals surface area contributed by atoms with Crippen molar-refractivity contribution >= 4 is 22.5 Å². The van der Waals surface area contributed by atoms with Crippen molar-refractivity contribution in [2.75, 3.05) is 13.7 Å². The van der Waals surface area contributed by atoms with Crippen LogP contribution in [0, 0.1) is 0 Å². The van der Waals surface area contributed by atoms with Crippen LogP contribution in [-0.4, -0.2) is 18.6 Å². The van der Waals surface area contributed by atoms with E-state index >= 15 is 0 Å². The Morgan fingerprint density at radius 3 is 2.88 bits per heavy atom. The molecule has 1 atom stereocenters. The van der Waals surface area contributed by atoms with E-state index in [-0.39, 0.29) is 5.92 Å². The number of hydrogen-bond acceptors (Lipinski definition) is 2. The van der Waals surface area contributed by atoms with E-state index in [1.54, 1.807) is 7.11 Å². The van der Waals surface area contributed by atoms with Crippen molar-refractivity contribution in [3.8, 4) is 5.75 Å². The van der Waals surface area contributed by atoms with Crippen molar-refractivity contribution in [3.63, 3.8) is 0 Å². The van der Waals surface area contributed by atoms with Crippen LogP contribution >= 0.6 is 11.6 Å². The van der Waals surface area contributed by atoms with E-state index in [1.165, 1.54) is 0 Å². The Labute approximate surface area is 99.5 Å². The molecule has 0 aliphatic heterocycles. The van der Waals surface area contributed by atoms with Gasteiger partial charge in [0.15, 0.2) is 0 Å². The van der Waals surface area contributed by atoms with Crippen molar-refractivity contribution in [3.05, 3.63) is 28.9 Å². The number of methoxy groups -OCH3 is 1. The van der Waals surface area contributed by atoms with Crippen LogP contribution in [0.25, 0.3) is 10.9 Å². The molecular formula is C12H15ClN2O. The number of benzene rings is 1. The molecule has 1 heterocycles. The molecule has 0 saturated heterocycles. The monoisotopic (exact) mass is 238 g/mol. The zero-order valence-electron chi connectivity index (χ0n) is 9.38. The minimum Gasteiger partial charge on any atom is -0.496 e. The lowest BCUT2D eigenvalue weighted by molar-refractivity contribution is 0.419. The first-order valence-corrected chi connectivity index (χ1v) is 5.60. The molecule has 3 nitrogen and oxygen atoms in total. The number of aromatic nitrogens is 1. The van der Waals surface area contributed by atoms with Crippen LogP contribution in [0.3, 0.4) is 0 Å². The first-order valence-electron chi connectivity index (χ1n) is 5.22. The molecule has 0 fully saturated rings. The van der Waals surface area contributed by atoms with E-state index in [2.05, 4.69) is 11.9 Å². The Morgan fingerprint density at radius 1 is 1.50 bits per heavy atom. The van der Waals surface area contributed by atoms with Crippen LogP contribution in [0.15, 0.2) is 18.3 Å². The normalized spacial score (nSPS) is 13.0. The van der Waals surface area contributed by atoms with Gasteiger partial charge in [-0.1, -0.05) is 18.5 Å². The maximum absolute atomic E-state index is 6.13. The summed E-state index contributed by atoms with van der Waals surface area (Å²) >= 11 is 6.13. The molecule has 86 valence electrons. The first-order chi connectivity index (χ1) is 7.69. The van der Waals surface area contributed by atoms with Crippen molar-refractivity contribution in [2.24, 2.45) is 5.73 Å². The maximum Gasteiger partial charge on any atom is 0.128 e. The second kappa shape index (κ2) is 4.36. The Balaban J connectivity index is 2.72. The summed E-state index contributed by atoms with van der Waals surface area (Å²) in [4.78, 5) is 3.18. The van der Waals surface area contributed by atoms with E-state index in [1.807, 2.05) is 18.3 Å². The average Bonchev–Trinajstić information content (AvgIpc) is 2.74. The van der Waals surface area contributed by atoms with E-state index in [0.717, 1.165) is 22.2 Å². The molecule has 4 heteroatoms.